The molecule has 2 aromatic rings. The van der Waals surface area contributed by atoms with Crippen LogP contribution in [0.15, 0.2) is 45.6 Å². The molecule has 0 fully saturated rings. The van der Waals surface area contributed by atoms with Gasteiger partial charge in [-0.3, -0.25) is 9.78 Å². The quantitative estimate of drug-likeness (QED) is 0.795. The van der Waals surface area contributed by atoms with Gasteiger partial charge in [-0.1, -0.05) is 15.9 Å². The molecule has 1 aromatic heterocycles. The second-order valence-electron chi connectivity index (χ2n) is 3.58. The number of nitrogen functional groups attached to an aromatic ring is 1. The molecule has 0 radical (unpaired) electrons. The van der Waals surface area contributed by atoms with E-state index in [9.17, 15) is 4.79 Å². The lowest BCUT2D eigenvalue weighted by Crippen LogP contribution is -2.13. The number of benzene rings is 1. The first-order valence-electron chi connectivity index (χ1n) is 5.03. The van der Waals surface area contributed by atoms with Crippen LogP contribution in [0.5, 0.6) is 0 Å². The minimum Gasteiger partial charge on any atom is -0.397 e. The highest BCUT2D eigenvalue weighted by Crippen LogP contribution is 2.23. The number of rotatable bonds is 2. The molecule has 0 spiro atoms. The first-order chi connectivity index (χ1) is 8.56. The SMILES string of the molecule is Nc1cc(Br)ccc1NC(=O)c1cncc(Br)c1. The van der Waals surface area contributed by atoms with Gasteiger partial charge in [0.1, 0.15) is 0 Å². The number of pyridine rings is 1. The normalized spacial score (nSPS) is 10.1. The van der Waals surface area contributed by atoms with Crippen molar-refractivity contribution in [2.75, 3.05) is 11.1 Å². The van der Waals surface area contributed by atoms with Crippen LogP contribution < -0.4 is 11.1 Å². The van der Waals surface area contributed by atoms with Gasteiger partial charge >= 0.3 is 0 Å². The Morgan fingerprint density at radius 1 is 1.17 bits per heavy atom. The number of amides is 1. The smallest absolute Gasteiger partial charge is 0.257 e. The maximum atomic E-state index is 12.0. The Kier molecular flexibility index (Phi) is 3.98. The average Bonchev–Trinajstić information content (AvgIpc) is 2.32. The zero-order valence-corrected chi connectivity index (χ0v) is 12.3. The summed E-state index contributed by atoms with van der Waals surface area (Å²) in [6.07, 6.45) is 3.11. The Hall–Kier alpha value is -1.40. The summed E-state index contributed by atoms with van der Waals surface area (Å²) in [6.45, 7) is 0. The van der Waals surface area contributed by atoms with E-state index in [1.54, 1.807) is 24.4 Å². The van der Waals surface area contributed by atoms with Crippen LogP contribution in [0.2, 0.25) is 0 Å². The Morgan fingerprint density at radius 2 is 1.94 bits per heavy atom. The van der Waals surface area contributed by atoms with E-state index in [1.165, 1.54) is 6.20 Å². The molecule has 0 aliphatic carbocycles. The van der Waals surface area contributed by atoms with Crippen molar-refractivity contribution in [1.29, 1.82) is 0 Å². The molecular weight excluding hydrogens is 362 g/mol. The highest BCUT2D eigenvalue weighted by Gasteiger charge is 2.09. The molecule has 0 unspecified atom stereocenters. The molecule has 1 aromatic carbocycles. The third-order valence-electron chi connectivity index (χ3n) is 2.23. The Labute approximate surface area is 121 Å². The predicted molar refractivity (Wildman–Crippen MR) is 78.4 cm³/mol. The third-order valence-corrected chi connectivity index (χ3v) is 3.16. The van der Waals surface area contributed by atoms with Crippen LogP contribution in [0, 0.1) is 0 Å². The van der Waals surface area contributed by atoms with Gasteiger partial charge in [0.2, 0.25) is 0 Å². The van der Waals surface area contributed by atoms with E-state index in [0.717, 1.165) is 8.95 Å². The second-order valence-corrected chi connectivity index (χ2v) is 5.41. The zero-order valence-electron chi connectivity index (χ0n) is 9.15. The maximum absolute atomic E-state index is 12.0. The van der Waals surface area contributed by atoms with Gasteiger partial charge in [0.25, 0.3) is 5.91 Å². The van der Waals surface area contributed by atoms with Gasteiger partial charge in [0.05, 0.1) is 16.9 Å². The van der Waals surface area contributed by atoms with Crippen molar-refractivity contribution in [3.05, 3.63) is 51.2 Å². The summed E-state index contributed by atoms with van der Waals surface area (Å²) in [5.41, 5.74) is 7.35. The van der Waals surface area contributed by atoms with E-state index in [4.69, 9.17) is 5.73 Å². The number of carbonyl (C=O) groups excluding carboxylic acids is 1. The van der Waals surface area contributed by atoms with E-state index in [-0.39, 0.29) is 5.91 Å². The van der Waals surface area contributed by atoms with Crippen molar-refractivity contribution in [3.8, 4) is 0 Å². The highest BCUT2D eigenvalue weighted by molar-refractivity contribution is 9.10. The second kappa shape index (κ2) is 5.49. The van der Waals surface area contributed by atoms with E-state index >= 15 is 0 Å². The monoisotopic (exact) mass is 369 g/mol. The van der Waals surface area contributed by atoms with Crippen LogP contribution >= 0.6 is 31.9 Å². The molecular formula is C12H9Br2N3O. The summed E-state index contributed by atoms with van der Waals surface area (Å²) < 4.78 is 1.61. The maximum Gasteiger partial charge on any atom is 0.257 e. The lowest BCUT2D eigenvalue weighted by Gasteiger charge is -2.08. The molecule has 1 heterocycles. The minimum atomic E-state index is -0.252. The molecule has 4 nitrogen and oxygen atoms in total. The topological polar surface area (TPSA) is 68.0 Å². The first-order valence-corrected chi connectivity index (χ1v) is 6.62. The number of hydrogen-bond acceptors (Lipinski definition) is 3. The Balaban J connectivity index is 2.21. The Bertz CT molecular complexity index is 602. The number of anilines is 2. The fourth-order valence-corrected chi connectivity index (χ4v) is 2.12. The average molecular weight is 371 g/mol. The van der Waals surface area contributed by atoms with Crippen LogP contribution in [0.4, 0.5) is 11.4 Å². The van der Waals surface area contributed by atoms with Gasteiger partial charge in [-0.05, 0) is 40.2 Å². The van der Waals surface area contributed by atoms with E-state index < -0.39 is 0 Å². The molecule has 0 saturated heterocycles. The van der Waals surface area contributed by atoms with Gasteiger partial charge in [0.15, 0.2) is 0 Å². The fraction of sp³-hybridized carbons (Fsp3) is 0. The molecule has 3 N–H and O–H groups in total. The standard InChI is InChI=1S/C12H9Br2N3O/c13-8-1-2-11(10(15)4-8)17-12(18)7-3-9(14)6-16-5-7/h1-6H,15H2,(H,17,18). The molecule has 0 bridgehead atoms. The van der Waals surface area contributed by atoms with E-state index in [2.05, 4.69) is 42.2 Å². The molecule has 1 amide bonds. The summed E-state index contributed by atoms with van der Waals surface area (Å²) in [4.78, 5) is 15.9. The summed E-state index contributed by atoms with van der Waals surface area (Å²) in [5.74, 6) is -0.252. The summed E-state index contributed by atoms with van der Waals surface area (Å²) in [5, 5.41) is 2.74. The molecule has 0 aliphatic heterocycles. The summed E-state index contributed by atoms with van der Waals surface area (Å²) in [6, 6.07) is 6.97. The van der Waals surface area contributed by atoms with Crippen LogP contribution in [-0.4, -0.2) is 10.9 Å². The number of nitrogens with one attached hydrogen (secondary N) is 1. The summed E-state index contributed by atoms with van der Waals surface area (Å²) in [7, 11) is 0. The molecule has 2 rings (SSSR count). The van der Waals surface area contributed by atoms with Gasteiger partial charge < -0.3 is 11.1 Å². The molecule has 92 valence electrons. The van der Waals surface area contributed by atoms with Crippen LogP contribution in [-0.2, 0) is 0 Å². The van der Waals surface area contributed by atoms with Gasteiger partial charge in [-0.2, -0.15) is 0 Å². The van der Waals surface area contributed by atoms with Crippen LogP contribution in [0.25, 0.3) is 0 Å². The van der Waals surface area contributed by atoms with E-state index in [0.29, 0.717) is 16.9 Å². The fourth-order valence-electron chi connectivity index (χ4n) is 1.38. The van der Waals surface area contributed by atoms with Crippen molar-refractivity contribution >= 4 is 49.1 Å². The molecule has 6 heteroatoms. The highest BCUT2D eigenvalue weighted by atomic mass is 79.9. The lowest BCUT2D eigenvalue weighted by atomic mass is 10.2. The first kappa shape index (κ1) is 13.0. The third kappa shape index (κ3) is 3.08. The number of hydrogen-bond donors (Lipinski definition) is 2. The van der Waals surface area contributed by atoms with E-state index in [1.807, 2.05) is 6.07 Å². The van der Waals surface area contributed by atoms with Gasteiger partial charge in [-0.15, -0.1) is 0 Å². The minimum absolute atomic E-state index is 0.252. The van der Waals surface area contributed by atoms with Crippen LogP contribution in [0.3, 0.4) is 0 Å². The number of halogens is 2. The largest absolute Gasteiger partial charge is 0.397 e. The molecule has 0 saturated carbocycles. The zero-order chi connectivity index (χ0) is 13.1. The Morgan fingerprint density at radius 3 is 2.61 bits per heavy atom. The van der Waals surface area contributed by atoms with Crippen molar-refractivity contribution < 1.29 is 4.79 Å². The molecule has 0 atom stereocenters. The van der Waals surface area contributed by atoms with Crippen molar-refractivity contribution in [3.63, 3.8) is 0 Å². The molecule has 0 aliphatic rings. The van der Waals surface area contributed by atoms with Crippen molar-refractivity contribution in [1.82, 2.24) is 4.98 Å². The number of nitrogens with zero attached hydrogens (tertiary/aromatic N) is 1. The predicted octanol–water partition coefficient (Wildman–Crippen LogP) is 3.44. The number of carbonyl (C=O) groups is 1. The van der Waals surface area contributed by atoms with Crippen LogP contribution in [0.1, 0.15) is 10.4 Å². The number of aromatic nitrogens is 1. The molecule has 18 heavy (non-hydrogen) atoms. The lowest BCUT2D eigenvalue weighted by molar-refractivity contribution is 0.102. The number of nitrogens with two attached hydrogens (primary N) is 1. The van der Waals surface area contributed by atoms with Gasteiger partial charge in [-0.25, -0.2) is 0 Å². The van der Waals surface area contributed by atoms with Crippen molar-refractivity contribution in [2.45, 2.75) is 0 Å². The summed E-state index contributed by atoms with van der Waals surface area (Å²) >= 11 is 6.57. The van der Waals surface area contributed by atoms with Gasteiger partial charge in [0, 0.05) is 21.3 Å². The van der Waals surface area contributed by atoms with Crippen molar-refractivity contribution in [2.24, 2.45) is 0 Å².